The van der Waals surface area contributed by atoms with Crippen LogP contribution in [0.4, 0.5) is 10.1 Å². The molecule has 146 valence electrons. The average Bonchev–Trinajstić information content (AvgIpc) is 3.27. The lowest BCUT2D eigenvalue weighted by molar-refractivity contribution is 0.202. The Balaban J connectivity index is 1.44. The smallest absolute Gasteiger partial charge is 0.181 e. The largest absolute Gasteiger partial charge is 0.369 e. The van der Waals surface area contributed by atoms with Crippen molar-refractivity contribution in [1.82, 2.24) is 14.0 Å². The number of aromatic nitrogens is 2. The third-order valence-electron chi connectivity index (χ3n) is 6.32. The number of benzene rings is 1. The molecule has 0 amide bonds. The normalized spacial score (nSPS) is 19.1. The molecule has 2 aromatic rings. The Kier molecular flexibility index (Phi) is 5.37. The molecule has 0 atom stereocenters. The zero-order valence-corrected chi connectivity index (χ0v) is 17.1. The number of anilines is 1. The first kappa shape index (κ1) is 18.7. The highest BCUT2D eigenvalue weighted by Crippen LogP contribution is 2.32. The standard InChI is InChI=1S/C21H29FN4S/c1-16-17(2)26(20-5-3-4-6-20)21(27)25(16)15-23-11-13-24(14-12-23)19-9-7-18(22)8-10-19/h7-10,20H,3-6,11-15H2,1-2H3. The summed E-state index contributed by atoms with van der Waals surface area (Å²) in [5, 5.41) is 0. The molecule has 1 aliphatic carbocycles. The number of imidazole rings is 1. The molecular formula is C21H29FN4S. The van der Waals surface area contributed by atoms with Crippen LogP contribution in [-0.2, 0) is 6.67 Å². The number of nitrogens with zero attached hydrogens (tertiary/aromatic N) is 4. The minimum Gasteiger partial charge on any atom is -0.369 e. The molecule has 4 nitrogen and oxygen atoms in total. The molecule has 0 N–H and O–H groups in total. The maximum absolute atomic E-state index is 13.1. The molecule has 1 saturated carbocycles. The van der Waals surface area contributed by atoms with Gasteiger partial charge in [0.2, 0.25) is 0 Å². The topological polar surface area (TPSA) is 16.3 Å². The van der Waals surface area contributed by atoms with Crippen molar-refractivity contribution < 1.29 is 4.39 Å². The zero-order valence-electron chi connectivity index (χ0n) is 16.3. The van der Waals surface area contributed by atoms with Crippen LogP contribution < -0.4 is 4.90 Å². The Morgan fingerprint density at radius 1 is 0.963 bits per heavy atom. The Morgan fingerprint density at radius 3 is 2.22 bits per heavy atom. The van der Waals surface area contributed by atoms with E-state index in [0.717, 1.165) is 43.3 Å². The van der Waals surface area contributed by atoms with E-state index in [0.29, 0.717) is 6.04 Å². The van der Waals surface area contributed by atoms with E-state index in [1.54, 1.807) is 12.1 Å². The minimum atomic E-state index is -0.176. The van der Waals surface area contributed by atoms with Gasteiger partial charge in [-0.05, 0) is 63.2 Å². The van der Waals surface area contributed by atoms with Crippen molar-refractivity contribution in [2.75, 3.05) is 31.1 Å². The van der Waals surface area contributed by atoms with Gasteiger partial charge in [-0.25, -0.2) is 4.39 Å². The van der Waals surface area contributed by atoms with Crippen molar-refractivity contribution in [3.05, 3.63) is 46.2 Å². The van der Waals surface area contributed by atoms with E-state index in [1.807, 2.05) is 12.1 Å². The molecule has 1 aromatic heterocycles. The fourth-order valence-electron chi connectivity index (χ4n) is 4.55. The average molecular weight is 389 g/mol. The van der Waals surface area contributed by atoms with Gasteiger partial charge in [-0.3, -0.25) is 4.90 Å². The molecule has 0 unspecified atom stereocenters. The monoisotopic (exact) mass is 388 g/mol. The summed E-state index contributed by atoms with van der Waals surface area (Å²) in [6.45, 7) is 9.18. The SMILES string of the molecule is Cc1c(C)n(C2CCCC2)c(=S)n1CN1CCN(c2ccc(F)cc2)CC1. The van der Waals surface area contributed by atoms with Crippen molar-refractivity contribution in [3.63, 3.8) is 0 Å². The summed E-state index contributed by atoms with van der Waals surface area (Å²) in [6.07, 6.45) is 5.16. The van der Waals surface area contributed by atoms with Crippen molar-refractivity contribution in [1.29, 1.82) is 0 Å². The summed E-state index contributed by atoms with van der Waals surface area (Å²) in [4.78, 5) is 4.80. The summed E-state index contributed by atoms with van der Waals surface area (Å²) >= 11 is 5.87. The van der Waals surface area contributed by atoms with Gasteiger partial charge >= 0.3 is 0 Å². The number of hydrogen-bond acceptors (Lipinski definition) is 3. The van der Waals surface area contributed by atoms with Gasteiger partial charge in [0.05, 0.1) is 6.67 Å². The summed E-state index contributed by atoms with van der Waals surface area (Å²) in [6, 6.07) is 7.41. The van der Waals surface area contributed by atoms with Crippen molar-refractivity contribution in [3.8, 4) is 0 Å². The van der Waals surface area contributed by atoms with Gasteiger partial charge in [-0.2, -0.15) is 0 Å². The van der Waals surface area contributed by atoms with Crippen LogP contribution in [0.15, 0.2) is 24.3 Å². The highest BCUT2D eigenvalue weighted by Gasteiger charge is 2.24. The quantitative estimate of drug-likeness (QED) is 0.708. The van der Waals surface area contributed by atoms with Crippen molar-refractivity contribution in [2.45, 2.75) is 52.2 Å². The van der Waals surface area contributed by atoms with Gasteiger partial charge in [0, 0.05) is 49.3 Å². The van der Waals surface area contributed by atoms with Crippen molar-refractivity contribution in [2.24, 2.45) is 0 Å². The maximum Gasteiger partial charge on any atom is 0.181 e. The van der Waals surface area contributed by atoms with Gasteiger partial charge in [-0.15, -0.1) is 0 Å². The molecule has 0 bridgehead atoms. The second kappa shape index (κ2) is 7.76. The van der Waals surface area contributed by atoms with Gasteiger partial charge in [0.1, 0.15) is 5.82 Å². The second-order valence-electron chi connectivity index (χ2n) is 7.91. The van der Waals surface area contributed by atoms with E-state index in [-0.39, 0.29) is 5.82 Å². The van der Waals surface area contributed by atoms with Gasteiger partial charge in [0.25, 0.3) is 0 Å². The van der Waals surface area contributed by atoms with E-state index < -0.39 is 0 Å². The Morgan fingerprint density at radius 2 is 1.59 bits per heavy atom. The number of piperazine rings is 1. The third kappa shape index (κ3) is 3.69. The molecule has 1 aromatic carbocycles. The molecule has 2 aliphatic rings. The first-order chi connectivity index (χ1) is 13.0. The molecule has 27 heavy (non-hydrogen) atoms. The first-order valence-electron chi connectivity index (χ1n) is 10.1. The summed E-state index contributed by atoms with van der Waals surface area (Å²) in [5.74, 6) is -0.176. The predicted octanol–water partition coefficient (Wildman–Crippen LogP) is 4.67. The minimum absolute atomic E-state index is 0.176. The van der Waals surface area contributed by atoms with Gasteiger partial charge < -0.3 is 14.0 Å². The third-order valence-corrected chi connectivity index (χ3v) is 6.74. The summed E-state index contributed by atoms with van der Waals surface area (Å²) in [7, 11) is 0. The Hall–Kier alpha value is -1.66. The molecule has 2 fully saturated rings. The molecule has 1 aliphatic heterocycles. The van der Waals surface area contributed by atoms with Crippen LogP contribution in [0.2, 0.25) is 0 Å². The molecule has 4 rings (SSSR count). The van der Waals surface area contributed by atoms with Crippen LogP contribution >= 0.6 is 12.2 Å². The summed E-state index contributed by atoms with van der Waals surface area (Å²) < 4.78 is 18.8. The fraction of sp³-hybridized carbons (Fsp3) is 0.571. The van der Waals surface area contributed by atoms with E-state index in [4.69, 9.17) is 12.2 Å². The van der Waals surface area contributed by atoms with Crippen LogP contribution in [-0.4, -0.2) is 40.2 Å². The first-order valence-corrected chi connectivity index (χ1v) is 10.5. The van der Waals surface area contributed by atoms with Crippen LogP contribution in [0, 0.1) is 24.4 Å². The molecule has 2 heterocycles. The summed E-state index contributed by atoms with van der Waals surface area (Å²) in [5.41, 5.74) is 3.73. The maximum atomic E-state index is 13.1. The lowest BCUT2D eigenvalue weighted by Crippen LogP contribution is -2.46. The van der Waals surface area contributed by atoms with Gasteiger partial charge in [0.15, 0.2) is 4.77 Å². The second-order valence-corrected chi connectivity index (χ2v) is 8.28. The van der Waals surface area contributed by atoms with Crippen LogP contribution in [0.3, 0.4) is 0 Å². The van der Waals surface area contributed by atoms with Crippen LogP contribution in [0.25, 0.3) is 0 Å². The lowest BCUT2D eigenvalue weighted by atomic mass is 10.2. The van der Waals surface area contributed by atoms with E-state index in [9.17, 15) is 4.39 Å². The number of hydrogen-bond donors (Lipinski definition) is 0. The van der Waals surface area contributed by atoms with E-state index in [1.165, 1.54) is 37.1 Å². The highest BCUT2D eigenvalue weighted by atomic mass is 32.1. The molecule has 0 spiro atoms. The van der Waals surface area contributed by atoms with E-state index >= 15 is 0 Å². The molecule has 6 heteroatoms. The van der Waals surface area contributed by atoms with Gasteiger partial charge in [-0.1, -0.05) is 12.8 Å². The molecular weight excluding hydrogens is 359 g/mol. The highest BCUT2D eigenvalue weighted by molar-refractivity contribution is 7.71. The lowest BCUT2D eigenvalue weighted by Gasteiger charge is -2.36. The fourth-order valence-corrected chi connectivity index (χ4v) is 5.03. The predicted molar refractivity (Wildman–Crippen MR) is 110 cm³/mol. The molecule has 1 saturated heterocycles. The number of halogens is 1. The van der Waals surface area contributed by atoms with Crippen LogP contribution in [0.5, 0.6) is 0 Å². The Labute approximate surface area is 166 Å². The molecule has 0 radical (unpaired) electrons. The number of rotatable bonds is 4. The van der Waals surface area contributed by atoms with Crippen molar-refractivity contribution >= 4 is 17.9 Å². The Bertz CT molecular complexity index is 840. The van der Waals surface area contributed by atoms with E-state index in [2.05, 4.69) is 32.8 Å². The zero-order chi connectivity index (χ0) is 19.0. The van der Waals surface area contributed by atoms with Crippen LogP contribution in [0.1, 0.15) is 43.1 Å².